The summed E-state index contributed by atoms with van der Waals surface area (Å²) < 4.78 is 11.7. The van der Waals surface area contributed by atoms with E-state index in [1.54, 1.807) is 6.20 Å². The molecule has 0 radical (unpaired) electrons. The molecule has 2 N–H and O–H groups in total. The number of benzene rings is 2. The molecule has 0 amide bonds. The third kappa shape index (κ3) is 4.51. The first-order chi connectivity index (χ1) is 17.3. The van der Waals surface area contributed by atoms with Gasteiger partial charge in [-0.2, -0.15) is 9.97 Å². The van der Waals surface area contributed by atoms with Crippen molar-refractivity contribution in [3.63, 3.8) is 0 Å². The first-order valence-electron chi connectivity index (χ1n) is 11.6. The van der Waals surface area contributed by atoms with Crippen LogP contribution in [0.2, 0.25) is 0 Å². The molecule has 0 spiro atoms. The maximum Gasteiger partial charge on any atom is 0.234 e. The van der Waals surface area contributed by atoms with Crippen LogP contribution >= 0.6 is 0 Å². The Kier molecular flexibility index (Phi) is 5.70. The number of hydrogen-bond acceptors (Lipinski definition) is 7. The smallest absolute Gasteiger partial charge is 0.234 e. The van der Waals surface area contributed by atoms with E-state index in [0.29, 0.717) is 23.2 Å². The molecule has 0 saturated carbocycles. The molecule has 174 valence electrons. The van der Waals surface area contributed by atoms with Gasteiger partial charge in [0.1, 0.15) is 11.4 Å². The normalized spacial score (nSPS) is 13.7. The molecule has 1 aliphatic rings. The maximum absolute atomic E-state index is 6.24. The van der Waals surface area contributed by atoms with Crippen molar-refractivity contribution in [2.24, 2.45) is 0 Å². The van der Waals surface area contributed by atoms with Crippen LogP contribution in [0.25, 0.3) is 22.2 Å². The van der Waals surface area contributed by atoms with Crippen LogP contribution in [0.1, 0.15) is 0 Å². The number of ether oxygens (including phenoxy) is 2. The molecule has 1 saturated heterocycles. The highest BCUT2D eigenvalue weighted by Gasteiger charge is 2.18. The highest BCUT2D eigenvalue weighted by Crippen LogP contribution is 2.36. The van der Waals surface area contributed by atoms with Crippen LogP contribution < -0.4 is 15.0 Å². The van der Waals surface area contributed by atoms with Crippen LogP contribution in [0.5, 0.6) is 11.6 Å². The summed E-state index contributed by atoms with van der Waals surface area (Å²) in [6.07, 6.45) is 5.48. The molecule has 4 heterocycles. The van der Waals surface area contributed by atoms with E-state index in [4.69, 9.17) is 19.4 Å². The van der Waals surface area contributed by atoms with Crippen molar-refractivity contribution in [1.82, 2.24) is 19.9 Å². The molecule has 5 aromatic rings. The molecule has 3 aromatic heterocycles. The number of aromatic nitrogens is 4. The van der Waals surface area contributed by atoms with Crippen molar-refractivity contribution in [2.45, 2.75) is 0 Å². The maximum atomic E-state index is 6.24. The van der Waals surface area contributed by atoms with Gasteiger partial charge in [0.15, 0.2) is 0 Å². The highest BCUT2D eigenvalue weighted by atomic mass is 16.5. The molecule has 0 unspecified atom stereocenters. The molecule has 8 heteroatoms. The Balaban J connectivity index is 1.35. The monoisotopic (exact) mass is 464 g/mol. The van der Waals surface area contributed by atoms with Crippen LogP contribution in [-0.4, -0.2) is 46.2 Å². The molecular weight excluding hydrogens is 440 g/mol. The number of morpholine rings is 1. The fourth-order valence-electron chi connectivity index (χ4n) is 4.19. The zero-order chi connectivity index (χ0) is 23.5. The van der Waals surface area contributed by atoms with Gasteiger partial charge in [0.2, 0.25) is 11.8 Å². The summed E-state index contributed by atoms with van der Waals surface area (Å²) in [5, 5.41) is 4.12. The second-order valence-electron chi connectivity index (χ2n) is 8.21. The largest absolute Gasteiger partial charge is 0.438 e. The molecule has 0 aliphatic carbocycles. The van der Waals surface area contributed by atoms with E-state index < -0.39 is 0 Å². The third-order valence-corrected chi connectivity index (χ3v) is 5.93. The summed E-state index contributed by atoms with van der Waals surface area (Å²) in [5.41, 5.74) is 4.64. The predicted molar refractivity (Wildman–Crippen MR) is 136 cm³/mol. The summed E-state index contributed by atoms with van der Waals surface area (Å²) in [6.45, 7) is 3.32. The van der Waals surface area contributed by atoms with Gasteiger partial charge in [0.25, 0.3) is 0 Å². The van der Waals surface area contributed by atoms with Gasteiger partial charge in [0, 0.05) is 54.2 Å². The van der Waals surface area contributed by atoms with Gasteiger partial charge in [-0.1, -0.05) is 24.3 Å². The van der Waals surface area contributed by atoms with Gasteiger partial charge < -0.3 is 24.7 Å². The quantitative estimate of drug-likeness (QED) is 0.348. The van der Waals surface area contributed by atoms with Crippen LogP contribution in [-0.2, 0) is 4.74 Å². The predicted octanol–water partition coefficient (Wildman–Crippen LogP) is 5.39. The summed E-state index contributed by atoms with van der Waals surface area (Å²) in [5.74, 6) is 1.61. The van der Waals surface area contributed by atoms with Crippen molar-refractivity contribution in [3.8, 4) is 22.8 Å². The van der Waals surface area contributed by atoms with Crippen molar-refractivity contribution < 1.29 is 9.47 Å². The van der Waals surface area contributed by atoms with E-state index in [2.05, 4.69) is 32.3 Å². The minimum Gasteiger partial charge on any atom is -0.438 e. The Morgan fingerprint density at radius 3 is 2.51 bits per heavy atom. The number of fused-ring (bicyclic) bond motifs is 1. The second-order valence-corrected chi connectivity index (χ2v) is 8.21. The first kappa shape index (κ1) is 21.1. The van der Waals surface area contributed by atoms with Crippen molar-refractivity contribution >= 4 is 28.4 Å². The minimum absolute atomic E-state index is 0.446. The number of hydrogen-bond donors (Lipinski definition) is 2. The van der Waals surface area contributed by atoms with E-state index in [-0.39, 0.29) is 0 Å². The molecule has 0 bridgehead atoms. The lowest BCUT2D eigenvalue weighted by molar-refractivity contribution is 0.122. The van der Waals surface area contributed by atoms with Crippen molar-refractivity contribution in [1.29, 1.82) is 0 Å². The van der Waals surface area contributed by atoms with E-state index >= 15 is 0 Å². The molecule has 1 aliphatic heterocycles. The van der Waals surface area contributed by atoms with Gasteiger partial charge in [-0.05, 0) is 42.5 Å². The van der Waals surface area contributed by atoms with Gasteiger partial charge in [-0.3, -0.25) is 4.98 Å². The lowest BCUT2D eigenvalue weighted by Crippen LogP contribution is -2.36. The fraction of sp³-hybridized carbons (Fsp3) is 0.148. The number of nitrogens with zero attached hydrogens (tertiary/aromatic N) is 4. The Morgan fingerprint density at radius 1 is 0.914 bits per heavy atom. The number of para-hydroxylation sites is 1. The summed E-state index contributed by atoms with van der Waals surface area (Å²) >= 11 is 0. The third-order valence-electron chi connectivity index (χ3n) is 5.93. The van der Waals surface area contributed by atoms with Crippen LogP contribution in [0.15, 0.2) is 85.3 Å². The van der Waals surface area contributed by atoms with Crippen LogP contribution in [0, 0.1) is 0 Å². The SMILES string of the molecule is c1ccc(Oc2nc(Nc3ccc(N4CCOCC4)cc3)nc3[nH]cc(-c4cccnc4)c23)cc1. The molecule has 6 rings (SSSR count). The van der Waals surface area contributed by atoms with Crippen molar-refractivity contribution in [3.05, 3.63) is 85.3 Å². The molecule has 0 atom stereocenters. The molecule has 35 heavy (non-hydrogen) atoms. The number of aromatic amines is 1. The number of anilines is 3. The zero-order valence-corrected chi connectivity index (χ0v) is 19.0. The van der Waals surface area contributed by atoms with Crippen LogP contribution in [0.3, 0.4) is 0 Å². The zero-order valence-electron chi connectivity index (χ0n) is 19.0. The summed E-state index contributed by atoms with van der Waals surface area (Å²) in [4.78, 5) is 19.3. The second kappa shape index (κ2) is 9.44. The average Bonchev–Trinajstić information content (AvgIpc) is 3.35. The molecule has 8 nitrogen and oxygen atoms in total. The molecular formula is C27H24N6O2. The average molecular weight is 465 g/mol. The Morgan fingerprint density at radius 2 is 1.74 bits per heavy atom. The number of nitrogens with one attached hydrogen (secondary N) is 2. The first-order valence-corrected chi connectivity index (χ1v) is 11.6. The number of H-pyrrole nitrogens is 1. The number of pyridine rings is 1. The fourth-order valence-corrected chi connectivity index (χ4v) is 4.19. The number of rotatable bonds is 6. The Bertz CT molecular complexity index is 1420. The lowest BCUT2D eigenvalue weighted by atomic mass is 10.1. The van der Waals surface area contributed by atoms with Crippen molar-refractivity contribution in [2.75, 3.05) is 36.5 Å². The van der Waals surface area contributed by atoms with Crippen LogP contribution in [0.4, 0.5) is 17.3 Å². The van der Waals surface area contributed by atoms with Gasteiger partial charge >= 0.3 is 0 Å². The highest BCUT2D eigenvalue weighted by molar-refractivity contribution is 5.97. The van der Waals surface area contributed by atoms with E-state index in [9.17, 15) is 0 Å². The molecule has 2 aromatic carbocycles. The minimum atomic E-state index is 0.446. The Hall–Kier alpha value is -4.43. The Labute approximate surface area is 202 Å². The van der Waals surface area contributed by atoms with Gasteiger partial charge in [0.05, 0.1) is 18.6 Å². The van der Waals surface area contributed by atoms with Gasteiger partial charge in [-0.15, -0.1) is 0 Å². The van der Waals surface area contributed by atoms with E-state index in [1.165, 1.54) is 5.69 Å². The summed E-state index contributed by atoms with van der Waals surface area (Å²) in [7, 11) is 0. The summed E-state index contributed by atoms with van der Waals surface area (Å²) in [6, 6.07) is 21.8. The van der Waals surface area contributed by atoms with E-state index in [0.717, 1.165) is 48.5 Å². The van der Waals surface area contributed by atoms with E-state index in [1.807, 2.05) is 67.0 Å². The standard InChI is InChI=1S/C27H24N6O2/c1-2-6-22(7-3-1)35-26-24-23(19-5-4-12-28-17-19)18-29-25(24)31-27(32-26)30-20-8-10-21(11-9-20)33-13-15-34-16-14-33/h1-12,17-18H,13-16H2,(H2,29,30,31,32). The van der Waals surface area contributed by atoms with Gasteiger partial charge in [-0.25, -0.2) is 0 Å². The molecule has 1 fully saturated rings. The lowest BCUT2D eigenvalue weighted by Gasteiger charge is -2.28. The topological polar surface area (TPSA) is 88.2 Å².